The van der Waals surface area contributed by atoms with Gasteiger partial charge in [-0.25, -0.2) is 4.39 Å². The molecule has 0 saturated heterocycles. The number of rotatable bonds is 3. The normalized spacial score (nSPS) is 10.4. The number of halogens is 4. The maximum atomic E-state index is 13.7. The zero-order valence-electron chi connectivity index (χ0n) is 9.09. The van der Waals surface area contributed by atoms with Gasteiger partial charge in [0.2, 0.25) is 0 Å². The molecule has 2 rings (SSSR count). The minimum atomic E-state index is -0.411. The molecular formula is C13H8Br2ClFO. The second-order valence-corrected chi connectivity index (χ2v) is 5.42. The first kappa shape index (κ1) is 13.8. The molecule has 94 valence electrons. The molecule has 0 spiro atoms. The highest BCUT2D eigenvalue weighted by molar-refractivity contribution is 9.10. The van der Waals surface area contributed by atoms with Crippen LogP contribution in [0.2, 0.25) is 5.02 Å². The van der Waals surface area contributed by atoms with E-state index in [1.807, 2.05) is 0 Å². The minimum Gasteiger partial charge on any atom is -0.452 e. The monoisotopic (exact) mass is 392 g/mol. The van der Waals surface area contributed by atoms with Crippen molar-refractivity contribution < 1.29 is 9.13 Å². The molecule has 0 aromatic heterocycles. The summed E-state index contributed by atoms with van der Waals surface area (Å²) < 4.78 is 20.1. The Morgan fingerprint density at radius 2 is 2.00 bits per heavy atom. The third-order valence-corrected chi connectivity index (χ3v) is 3.69. The fraction of sp³-hybridized carbons (Fsp3) is 0.0769. The number of para-hydroxylation sites is 1. The molecule has 0 N–H and O–H groups in total. The third-order valence-electron chi connectivity index (χ3n) is 2.30. The van der Waals surface area contributed by atoms with E-state index in [2.05, 4.69) is 31.9 Å². The maximum absolute atomic E-state index is 13.7. The average Bonchev–Trinajstić information content (AvgIpc) is 2.34. The lowest BCUT2D eigenvalue weighted by Gasteiger charge is -2.11. The van der Waals surface area contributed by atoms with Gasteiger partial charge in [0.1, 0.15) is 5.75 Å². The van der Waals surface area contributed by atoms with Crippen LogP contribution in [0.4, 0.5) is 4.39 Å². The van der Waals surface area contributed by atoms with Gasteiger partial charge in [-0.1, -0.05) is 55.6 Å². The lowest BCUT2D eigenvalue weighted by atomic mass is 10.2. The van der Waals surface area contributed by atoms with Crippen LogP contribution in [0.25, 0.3) is 0 Å². The van der Waals surface area contributed by atoms with E-state index in [9.17, 15) is 4.39 Å². The van der Waals surface area contributed by atoms with Gasteiger partial charge in [-0.05, 0) is 24.3 Å². The van der Waals surface area contributed by atoms with Gasteiger partial charge >= 0.3 is 0 Å². The summed E-state index contributed by atoms with van der Waals surface area (Å²) in [7, 11) is 0. The van der Waals surface area contributed by atoms with Gasteiger partial charge < -0.3 is 4.74 Å². The van der Waals surface area contributed by atoms with Crippen LogP contribution in [-0.4, -0.2) is 0 Å². The summed E-state index contributed by atoms with van der Waals surface area (Å²) in [5.41, 5.74) is 0.731. The molecule has 0 aliphatic heterocycles. The third kappa shape index (κ3) is 3.05. The molecule has 0 radical (unpaired) electrons. The van der Waals surface area contributed by atoms with Crippen molar-refractivity contribution in [1.29, 1.82) is 0 Å². The molecule has 2 aromatic rings. The quantitative estimate of drug-likeness (QED) is 0.587. The van der Waals surface area contributed by atoms with E-state index >= 15 is 0 Å². The Balaban J connectivity index is 2.39. The molecule has 0 saturated carbocycles. The molecular weight excluding hydrogens is 386 g/mol. The second-order valence-electron chi connectivity index (χ2n) is 3.54. The van der Waals surface area contributed by atoms with Gasteiger partial charge in [-0.3, -0.25) is 0 Å². The van der Waals surface area contributed by atoms with Crippen molar-refractivity contribution in [3.63, 3.8) is 0 Å². The summed E-state index contributed by atoms with van der Waals surface area (Å²) in [6.45, 7) is 0. The molecule has 5 heteroatoms. The molecule has 0 atom stereocenters. The van der Waals surface area contributed by atoms with Crippen LogP contribution < -0.4 is 4.74 Å². The summed E-state index contributed by atoms with van der Waals surface area (Å²) in [6.07, 6.45) is 0. The van der Waals surface area contributed by atoms with Crippen molar-refractivity contribution >= 4 is 43.5 Å². The van der Waals surface area contributed by atoms with Crippen LogP contribution >= 0.6 is 43.5 Å². The van der Waals surface area contributed by atoms with Crippen molar-refractivity contribution in [2.24, 2.45) is 0 Å². The standard InChI is InChI=1S/C13H8Br2ClFO/c14-7-8-2-1-3-11(17)13(8)18-12-5-4-9(15)6-10(12)16/h1-6H,7H2. The van der Waals surface area contributed by atoms with Crippen LogP contribution in [0, 0.1) is 5.82 Å². The molecule has 0 unspecified atom stereocenters. The lowest BCUT2D eigenvalue weighted by Crippen LogP contribution is -1.93. The first-order valence-electron chi connectivity index (χ1n) is 5.08. The second kappa shape index (κ2) is 6.04. The van der Waals surface area contributed by atoms with Crippen molar-refractivity contribution in [1.82, 2.24) is 0 Å². The Bertz CT molecular complexity index is 575. The number of hydrogen-bond donors (Lipinski definition) is 0. The van der Waals surface area contributed by atoms with Gasteiger partial charge in [0.25, 0.3) is 0 Å². The van der Waals surface area contributed by atoms with Gasteiger partial charge in [0.05, 0.1) is 5.02 Å². The van der Waals surface area contributed by atoms with Crippen LogP contribution in [0.3, 0.4) is 0 Å². The van der Waals surface area contributed by atoms with Crippen LogP contribution in [0.5, 0.6) is 11.5 Å². The SMILES string of the molecule is Fc1cccc(CBr)c1Oc1ccc(Br)cc1Cl. The zero-order chi connectivity index (χ0) is 13.1. The Labute approximate surface area is 126 Å². The Morgan fingerprint density at radius 3 is 2.67 bits per heavy atom. The van der Waals surface area contributed by atoms with Crippen molar-refractivity contribution in [2.45, 2.75) is 5.33 Å². The molecule has 0 amide bonds. The smallest absolute Gasteiger partial charge is 0.167 e. The molecule has 0 heterocycles. The fourth-order valence-corrected chi connectivity index (χ4v) is 2.59. The number of hydrogen-bond acceptors (Lipinski definition) is 1. The molecule has 0 fully saturated rings. The molecule has 1 nitrogen and oxygen atoms in total. The highest BCUT2D eigenvalue weighted by atomic mass is 79.9. The minimum absolute atomic E-state index is 0.193. The van der Waals surface area contributed by atoms with Crippen LogP contribution in [0.15, 0.2) is 40.9 Å². The number of benzene rings is 2. The van der Waals surface area contributed by atoms with Crippen molar-refractivity contribution in [3.05, 3.63) is 57.3 Å². The summed E-state index contributed by atoms with van der Waals surface area (Å²) in [4.78, 5) is 0. The predicted octanol–water partition coefficient (Wildman–Crippen LogP) is 5.93. The van der Waals surface area contributed by atoms with Crippen LogP contribution in [-0.2, 0) is 5.33 Å². The van der Waals surface area contributed by atoms with Gasteiger partial charge in [-0.2, -0.15) is 0 Å². The lowest BCUT2D eigenvalue weighted by molar-refractivity contribution is 0.438. The van der Waals surface area contributed by atoms with E-state index in [1.54, 1.807) is 30.3 Å². The Kier molecular flexibility index (Phi) is 4.65. The van der Waals surface area contributed by atoms with E-state index in [1.165, 1.54) is 6.07 Å². The summed E-state index contributed by atoms with van der Waals surface area (Å²) in [5.74, 6) is 0.205. The Morgan fingerprint density at radius 1 is 1.22 bits per heavy atom. The van der Waals surface area contributed by atoms with Gasteiger partial charge in [0, 0.05) is 15.4 Å². The molecule has 18 heavy (non-hydrogen) atoms. The summed E-state index contributed by atoms with van der Waals surface area (Å²) >= 11 is 12.6. The van der Waals surface area contributed by atoms with E-state index in [-0.39, 0.29) is 5.75 Å². The van der Waals surface area contributed by atoms with Crippen molar-refractivity contribution in [2.75, 3.05) is 0 Å². The maximum Gasteiger partial charge on any atom is 0.167 e. The topological polar surface area (TPSA) is 9.23 Å². The van der Waals surface area contributed by atoms with Crippen LogP contribution in [0.1, 0.15) is 5.56 Å². The average molecular weight is 394 g/mol. The van der Waals surface area contributed by atoms with E-state index < -0.39 is 5.82 Å². The number of ether oxygens (including phenoxy) is 1. The zero-order valence-corrected chi connectivity index (χ0v) is 13.0. The highest BCUT2D eigenvalue weighted by Crippen LogP contribution is 2.35. The largest absolute Gasteiger partial charge is 0.452 e. The van der Waals surface area contributed by atoms with Gasteiger partial charge in [-0.15, -0.1) is 0 Å². The molecule has 0 aliphatic carbocycles. The first-order valence-corrected chi connectivity index (χ1v) is 7.37. The predicted molar refractivity (Wildman–Crippen MR) is 78.3 cm³/mol. The van der Waals surface area contributed by atoms with E-state index in [0.717, 1.165) is 10.0 Å². The fourth-order valence-electron chi connectivity index (χ4n) is 1.44. The molecule has 0 aliphatic rings. The van der Waals surface area contributed by atoms with E-state index in [4.69, 9.17) is 16.3 Å². The molecule has 2 aromatic carbocycles. The van der Waals surface area contributed by atoms with Crippen molar-refractivity contribution in [3.8, 4) is 11.5 Å². The van der Waals surface area contributed by atoms with E-state index in [0.29, 0.717) is 16.1 Å². The summed E-state index contributed by atoms with van der Waals surface area (Å²) in [6, 6.07) is 9.97. The Hall–Kier alpha value is -0.580. The number of alkyl halides is 1. The van der Waals surface area contributed by atoms with Gasteiger partial charge in [0.15, 0.2) is 11.6 Å². The summed E-state index contributed by atoms with van der Waals surface area (Å²) in [5, 5.41) is 0.932. The highest BCUT2D eigenvalue weighted by Gasteiger charge is 2.12. The molecule has 0 bridgehead atoms. The first-order chi connectivity index (χ1) is 8.61.